The van der Waals surface area contributed by atoms with Crippen LogP contribution in [0.2, 0.25) is 65.5 Å². The highest BCUT2D eigenvalue weighted by Gasteiger charge is 2.44. The van der Waals surface area contributed by atoms with Gasteiger partial charge in [0.05, 0.1) is 0 Å². The summed E-state index contributed by atoms with van der Waals surface area (Å²) in [5, 5.41) is 2.34. The highest BCUT2D eigenvalue weighted by atomic mass is 28.5. The van der Waals surface area contributed by atoms with E-state index in [9.17, 15) is 0 Å². The molecule has 0 saturated heterocycles. The Morgan fingerprint density at radius 2 is 0.600 bits per heavy atom. The summed E-state index contributed by atoms with van der Waals surface area (Å²) in [5.74, 6) is 0. The molecule has 0 saturated carbocycles. The fourth-order valence-electron chi connectivity index (χ4n) is 3.93. The van der Waals surface area contributed by atoms with Gasteiger partial charge in [0.2, 0.25) is 0 Å². The molecule has 0 aromatic heterocycles. The molecule has 0 fully saturated rings. The van der Waals surface area contributed by atoms with Gasteiger partial charge < -0.3 is 16.5 Å². The van der Waals surface area contributed by atoms with Crippen LogP contribution in [-0.4, -0.2) is 50.4 Å². The predicted molar refractivity (Wildman–Crippen MR) is 190 cm³/mol. The normalized spacial score (nSPS) is 13.1. The Balaban J connectivity index is 0.000000400. The van der Waals surface area contributed by atoms with Gasteiger partial charge in [-0.2, -0.15) is 0 Å². The first kappa shape index (κ1) is 36.6. The summed E-state index contributed by atoms with van der Waals surface area (Å²) in [7, 11) is -12.6. The van der Waals surface area contributed by atoms with Crippen molar-refractivity contribution in [2.45, 2.75) is 65.5 Å². The van der Waals surface area contributed by atoms with E-state index in [1.165, 1.54) is 10.4 Å². The van der Waals surface area contributed by atoms with Gasteiger partial charge in [0.25, 0.3) is 0 Å². The summed E-state index contributed by atoms with van der Waals surface area (Å²) in [6, 6.07) is 20.6. The molecule has 220 valence electrons. The van der Waals surface area contributed by atoms with Crippen LogP contribution in [0.25, 0.3) is 0 Å². The summed E-state index contributed by atoms with van der Waals surface area (Å²) >= 11 is 0. The monoisotopic (exact) mass is 644 g/mol. The zero-order chi connectivity index (χ0) is 30.9. The first-order valence-corrected chi connectivity index (χ1v) is 30.3. The van der Waals surface area contributed by atoms with Crippen molar-refractivity contribution < 1.29 is 16.5 Å². The van der Waals surface area contributed by atoms with Gasteiger partial charge in [0.1, 0.15) is 0 Å². The molecule has 0 bridgehead atoms. The summed E-state index contributed by atoms with van der Waals surface area (Å²) < 4.78 is 26.1. The third-order valence-corrected chi connectivity index (χ3v) is 27.7. The molecule has 0 radical (unpaired) electrons. The topological polar surface area (TPSA) is 36.9 Å². The van der Waals surface area contributed by atoms with Crippen molar-refractivity contribution >= 4 is 60.8 Å². The van der Waals surface area contributed by atoms with Crippen LogP contribution >= 0.6 is 0 Å². The Hall–Kier alpha value is -1.46. The second kappa shape index (κ2) is 14.6. The van der Waals surface area contributed by atoms with Crippen molar-refractivity contribution in [2.24, 2.45) is 0 Å². The van der Waals surface area contributed by atoms with Gasteiger partial charge in [0.15, 0.2) is 33.3 Å². The molecule has 0 spiro atoms. The van der Waals surface area contributed by atoms with Crippen molar-refractivity contribution in [1.82, 2.24) is 0 Å². The SMILES string of the molecule is C=C[Si](C)(C)O[Si](C)(O[Si](C)(C)C=C)c1ccccc1.C=C[Si](C)(C)O[Si](C)(O[Si](C)(C)C=C)c1ccccc1. The van der Waals surface area contributed by atoms with Crippen LogP contribution in [0, 0.1) is 0 Å². The van der Waals surface area contributed by atoms with Crippen LogP contribution in [0.4, 0.5) is 0 Å². The molecule has 2 rings (SSSR count). The van der Waals surface area contributed by atoms with Crippen LogP contribution in [0.3, 0.4) is 0 Å². The van der Waals surface area contributed by atoms with Crippen LogP contribution in [-0.2, 0) is 16.5 Å². The molecule has 0 N–H and O–H groups in total. The van der Waals surface area contributed by atoms with Crippen molar-refractivity contribution in [2.75, 3.05) is 0 Å². The minimum Gasteiger partial charge on any atom is -0.430 e. The third-order valence-electron chi connectivity index (χ3n) is 6.39. The summed E-state index contributed by atoms with van der Waals surface area (Å²) in [6.07, 6.45) is 0. The average molecular weight is 645 g/mol. The zero-order valence-electron chi connectivity index (χ0n) is 26.5. The molecule has 0 amide bonds. The fourth-order valence-corrected chi connectivity index (χ4v) is 25.9. The summed E-state index contributed by atoms with van der Waals surface area (Å²) in [4.78, 5) is 0. The molecule has 10 heteroatoms. The van der Waals surface area contributed by atoms with E-state index in [1.54, 1.807) is 0 Å². The van der Waals surface area contributed by atoms with Crippen molar-refractivity contribution in [3.8, 4) is 0 Å². The van der Waals surface area contributed by atoms with Gasteiger partial charge in [-0.15, -0.1) is 26.3 Å². The lowest BCUT2D eigenvalue weighted by Gasteiger charge is -2.39. The van der Waals surface area contributed by atoms with E-state index in [1.807, 2.05) is 59.2 Å². The molecule has 2 aromatic carbocycles. The number of hydrogen-bond donors (Lipinski definition) is 0. The minimum atomic E-state index is -2.46. The Morgan fingerprint density at radius 3 is 0.775 bits per heavy atom. The smallest absolute Gasteiger partial charge is 0.349 e. The fraction of sp³-hybridized carbons (Fsp3) is 0.333. The van der Waals surface area contributed by atoms with E-state index in [0.29, 0.717) is 0 Å². The molecular formula is C30H52O4Si6. The van der Waals surface area contributed by atoms with Gasteiger partial charge in [0, 0.05) is 0 Å². The first-order valence-electron chi connectivity index (χ1n) is 13.7. The molecule has 0 aliphatic carbocycles. The van der Waals surface area contributed by atoms with E-state index in [4.69, 9.17) is 16.5 Å². The second-order valence-electron chi connectivity index (χ2n) is 12.3. The number of benzene rings is 2. The molecule has 0 unspecified atom stereocenters. The van der Waals surface area contributed by atoms with Crippen molar-refractivity contribution in [3.05, 3.63) is 110 Å². The Labute approximate surface area is 251 Å². The molecule has 0 aliphatic heterocycles. The lowest BCUT2D eigenvalue weighted by Crippen LogP contribution is -2.60. The molecule has 40 heavy (non-hydrogen) atoms. The van der Waals surface area contributed by atoms with Gasteiger partial charge in [-0.1, -0.05) is 83.5 Å². The lowest BCUT2D eigenvalue weighted by atomic mass is 10.4. The molecule has 2 aromatic rings. The lowest BCUT2D eigenvalue weighted by molar-refractivity contribution is 0.408. The maximum Gasteiger partial charge on any atom is 0.349 e. The number of rotatable bonds is 14. The zero-order valence-corrected chi connectivity index (χ0v) is 32.5. The molecule has 0 aliphatic rings. The van der Waals surface area contributed by atoms with E-state index in [-0.39, 0.29) is 0 Å². The summed E-state index contributed by atoms with van der Waals surface area (Å²) in [6.45, 7) is 37.2. The van der Waals surface area contributed by atoms with E-state index < -0.39 is 50.4 Å². The van der Waals surface area contributed by atoms with Crippen LogP contribution < -0.4 is 10.4 Å². The van der Waals surface area contributed by atoms with Crippen molar-refractivity contribution in [1.29, 1.82) is 0 Å². The van der Waals surface area contributed by atoms with Crippen LogP contribution in [0.15, 0.2) is 110 Å². The quantitative estimate of drug-likeness (QED) is 0.197. The average Bonchev–Trinajstić information content (AvgIpc) is 2.89. The van der Waals surface area contributed by atoms with E-state index >= 15 is 0 Å². The highest BCUT2D eigenvalue weighted by molar-refractivity contribution is 6.97. The molecule has 0 heterocycles. The number of hydrogen-bond acceptors (Lipinski definition) is 4. The maximum atomic E-state index is 6.52. The van der Waals surface area contributed by atoms with Crippen LogP contribution in [0.1, 0.15) is 0 Å². The molecule has 4 nitrogen and oxygen atoms in total. The maximum absolute atomic E-state index is 6.52. The second-order valence-corrected chi connectivity index (χ2v) is 34.9. The van der Waals surface area contributed by atoms with Gasteiger partial charge in [-0.25, -0.2) is 0 Å². The van der Waals surface area contributed by atoms with Gasteiger partial charge in [-0.05, 0) is 75.8 Å². The largest absolute Gasteiger partial charge is 0.430 e. The first-order chi connectivity index (χ1) is 18.3. The Kier molecular flexibility index (Phi) is 13.4. The predicted octanol–water partition coefficient (Wildman–Crippen LogP) is 7.72. The molecular weight excluding hydrogens is 593 g/mol. The third kappa shape index (κ3) is 11.8. The minimum absolute atomic E-state index is 1.17. The highest BCUT2D eigenvalue weighted by Crippen LogP contribution is 2.23. The Morgan fingerprint density at radius 1 is 0.400 bits per heavy atom. The van der Waals surface area contributed by atoms with E-state index in [2.05, 4.69) is 116 Å². The Bertz CT molecular complexity index is 984. The van der Waals surface area contributed by atoms with Gasteiger partial charge in [-0.3, -0.25) is 0 Å². The van der Waals surface area contributed by atoms with Gasteiger partial charge >= 0.3 is 17.1 Å². The standard InChI is InChI=1S/2C15H26O2Si3/c2*1-8-18(3,4)16-20(7,17-19(5,6)9-2)15-13-11-10-12-14-15/h2*8-14H,1-2H2,3-7H3. The van der Waals surface area contributed by atoms with E-state index in [0.717, 1.165) is 0 Å². The van der Waals surface area contributed by atoms with Crippen LogP contribution in [0.5, 0.6) is 0 Å². The summed E-state index contributed by atoms with van der Waals surface area (Å²) in [5.41, 5.74) is 7.86. The molecule has 0 atom stereocenters. The van der Waals surface area contributed by atoms with Crippen molar-refractivity contribution in [3.63, 3.8) is 0 Å².